The number of nitrogens with zero attached hydrogens (tertiary/aromatic N) is 2. The van der Waals surface area contributed by atoms with Crippen molar-refractivity contribution in [1.82, 2.24) is 10.2 Å². The van der Waals surface area contributed by atoms with E-state index in [4.69, 9.17) is 0 Å². The molecule has 38 heavy (non-hydrogen) atoms. The molecule has 1 N–H and O–H groups in total. The molecule has 0 aromatic heterocycles. The number of benzene rings is 3. The Morgan fingerprint density at radius 1 is 0.921 bits per heavy atom. The van der Waals surface area contributed by atoms with Gasteiger partial charge in [0.2, 0.25) is 11.8 Å². The van der Waals surface area contributed by atoms with Crippen LogP contribution in [0.15, 0.2) is 94.3 Å². The van der Waals surface area contributed by atoms with E-state index in [9.17, 15) is 18.0 Å². The number of hydrogen-bond donors (Lipinski definition) is 1. The zero-order valence-corrected chi connectivity index (χ0v) is 24.1. The van der Waals surface area contributed by atoms with Crippen molar-refractivity contribution in [1.29, 1.82) is 0 Å². The van der Waals surface area contributed by atoms with Crippen LogP contribution in [0.3, 0.4) is 0 Å². The molecule has 1 atom stereocenters. The molecule has 3 aromatic rings. The molecule has 0 radical (unpaired) electrons. The zero-order valence-electron chi connectivity index (χ0n) is 21.7. The average Bonchev–Trinajstić information content (AvgIpc) is 2.93. The predicted molar refractivity (Wildman–Crippen MR) is 154 cm³/mol. The Hall–Kier alpha value is -3.17. The Morgan fingerprint density at radius 3 is 2.13 bits per heavy atom. The van der Waals surface area contributed by atoms with Crippen LogP contribution in [0.4, 0.5) is 5.69 Å². The van der Waals surface area contributed by atoms with Crippen LogP contribution in [0.2, 0.25) is 0 Å². The molecule has 0 bridgehead atoms. The van der Waals surface area contributed by atoms with E-state index in [0.717, 1.165) is 27.2 Å². The van der Waals surface area contributed by atoms with Crippen LogP contribution in [0, 0.1) is 0 Å². The Kier molecular flexibility index (Phi) is 10.9. The number of carbonyl (C=O) groups excluding carboxylic acids is 2. The minimum absolute atomic E-state index is 0.0805. The molecule has 7 nitrogen and oxygen atoms in total. The quantitative estimate of drug-likeness (QED) is 0.279. The molecule has 0 heterocycles. The van der Waals surface area contributed by atoms with Crippen molar-refractivity contribution in [2.24, 2.45) is 0 Å². The van der Waals surface area contributed by atoms with Crippen molar-refractivity contribution >= 4 is 43.5 Å². The summed E-state index contributed by atoms with van der Waals surface area (Å²) in [6, 6.07) is 23.7. The monoisotopic (exact) mass is 599 g/mol. The first-order chi connectivity index (χ1) is 18.2. The molecule has 0 saturated heterocycles. The molecule has 0 aliphatic heterocycles. The van der Waals surface area contributed by atoms with Crippen molar-refractivity contribution in [3.05, 3.63) is 95.0 Å². The number of amides is 2. The summed E-state index contributed by atoms with van der Waals surface area (Å²) in [7, 11) is -4.06. The molecule has 3 aromatic carbocycles. The third-order valence-corrected chi connectivity index (χ3v) is 8.52. The van der Waals surface area contributed by atoms with Gasteiger partial charge in [-0.05, 0) is 61.7 Å². The van der Waals surface area contributed by atoms with Crippen molar-refractivity contribution in [3.8, 4) is 0 Å². The third-order valence-electron chi connectivity index (χ3n) is 6.21. The fourth-order valence-corrected chi connectivity index (χ4v) is 5.66. The van der Waals surface area contributed by atoms with Gasteiger partial charge in [0.15, 0.2) is 0 Å². The van der Waals surface area contributed by atoms with E-state index >= 15 is 0 Å². The Balaban J connectivity index is 1.92. The first-order valence-corrected chi connectivity index (χ1v) is 14.9. The largest absolute Gasteiger partial charge is 0.354 e. The van der Waals surface area contributed by atoms with Gasteiger partial charge in [0.1, 0.15) is 12.6 Å². The van der Waals surface area contributed by atoms with Gasteiger partial charge in [0, 0.05) is 17.6 Å². The molecule has 202 valence electrons. The maximum absolute atomic E-state index is 13.8. The molecule has 2 amide bonds. The summed E-state index contributed by atoms with van der Waals surface area (Å²) in [5.74, 6) is -0.720. The molecule has 0 saturated carbocycles. The fourth-order valence-electron chi connectivity index (χ4n) is 3.96. The second-order valence-corrected chi connectivity index (χ2v) is 11.7. The minimum Gasteiger partial charge on any atom is -0.354 e. The standard InChI is InChI=1S/C29H34BrN3O4S/c1-3-4-20-31-29(35)23(2)32(21-19-24-11-7-5-8-12-24)28(34)22-33(26-17-15-25(30)16-18-26)38(36,37)27-13-9-6-10-14-27/h5-18,23H,3-4,19-22H2,1-2H3,(H,31,35)/t23-/m1/s1. The van der Waals surface area contributed by atoms with E-state index in [1.54, 1.807) is 49.4 Å². The number of unbranched alkanes of at least 4 members (excludes halogenated alkanes) is 1. The third kappa shape index (κ3) is 7.91. The van der Waals surface area contributed by atoms with Crippen LogP contribution in [-0.2, 0) is 26.0 Å². The number of rotatable bonds is 13. The molecular formula is C29H34BrN3O4S. The number of hydrogen-bond acceptors (Lipinski definition) is 4. The summed E-state index contributed by atoms with van der Waals surface area (Å²) in [5.41, 5.74) is 1.37. The zero-order chi connectivity index (χ0) is 27.5. The Morgan fingerprint density at radius 2 is 1.53 bits per heavy atom. The lowest BCUT2D eigenvalue weighted by molar-refractivity contribution is -0.138. The predicted octanol–water partition coefficient (Wildman–Crippen LogP) is 5.02. The van der Waals surface area contributed by atoms with Gasteiger partial charge in [-0.15, -0.1) is 0 Å². The highest BCUT2D eigenvalue weighted by molar-refractivity contribution is 9.10. The second kappa shape index (κ2) is 14.1. The topological polar surface area (TPSA) is 86.8 Å². The lowest BCUT2D eigenvalue weighted by Crippen LogP contribution is -2.52. The molecule has 0 aliphatic carbocycles. The van der Waals surface area contributed by atoms with Crippen molar-refractivity contribution in [2.75, 3.05) is 23.9 Å². The highest BCUT2D eigenvalue weighted by Gasteiger charge is 2.32. The van der Waals surface area contributed by atoms with Gasteiger partial charge < -0.3 is 10.2 Å². The minimum atomic E-state index is -4.06. The maximum Gasteiger partial charge on any atom is 0.264 e. The van der Waals surface area contributed by atoms with E-state index in [-0.39, 0.29) is 17.3 Å². The molecule has 0 aliphatic rings. The number of anilines is 1. The van der Waals surface area contributed by atoms with E-state index in [0.29, 0.717) is 18.7 Å². The Labute approximate surface area is 234 Å². The smallest absolute Gasteiger partial charge is 0.264 e. The van der Waals surface area contributed by atoms with Gasteiger partial charge >= 0.3 is 0 Å². The van der Waals surface area contributed by atoms with E-state index in [1.807, 2.05) is 37.3 Å². The molecule has 0 spiro atoms. The summed E-state index contributed by atoms with van der Waals surface area (Å²) in [6.45, 7) is 4.06. The first-order valence-electron chi connectivity index (χ1n) is 12.7. The van der Waals surface area contributed by atoms with E-state index in [2.05, 4.69) is 21.2 Å². The summed E-state index contributed by atoms with van der Waals surface area (Å²) in [4.78, 5) is 28.3. The summed E-state index contributed by atoms with van der Waals surface area (Å²) >= 11 is 3.38. The molecular weight excluding hydrogens is 566 g/mol. The lowest BCUT2D eigenvalue weighted by Gasteiger charge is -2.32. The highest BCUT2D eigenvalue weighted by atomic mass is 79.9. The maximum atomic E-state index is 13.8. The van der Waals surface area contributed by atoms with Gasteiger partial charge in [-0.1, -0.05) is 77.8 Å². The van der Waals surface area contributed by atoms with Crippen LogP contribution in [0.25, 0.3) is 0 Å². The summed E-state index contributed by atoms with van der Waals surface area (Å²) < 4.78 is 29.3. The average molecular weight is 601 g/mol. The SMILES string of the molecule is CCCCNC(=O)[C@@H](C)N(CCc1ccccc1)C(=O)CN(c1ccc(Br)cc1)S(=O)(=O)c1ccccc1. The van der Waals surface area contributed by atoms with Crippen molar-refractivity contribution in [3.63, 3.8) is 0 Å². The lowest BCUT2D eigenvalue weighted by atomic mass is 10.1. The van der Waals surface area contributed by atoms with Gasteiger partial charge in [-0.25, -0.2) is 8.42 Å². The summed E-state index contributed by atoms with van der Waals surface area (Å²) in [5, 5.41) is 2.89. The van der Waals surface area contributed by atoms with Crippen molar-refractivity contribution < 1.29 is 18.0 Å². The van der Waals surface area contributed by atoms with Crippen LogP contribution in [-0.4, -0.2) is 50.8 Å². The highest BCUT2D eigenvalue weighted by Crippen LogP contribution is 2.25. The van der Waals surface area contributed by atoms with E-state index in [1.165, 1.54) is 17.0 Å². The van der Waals surface area contributed by atoms with Crippen LogP contribution >= 0.6 is 15.9 Å². The van der Waals surface area contributed by atoms with Gasteiger partial charge in [-0.3, -0.25) is 13.9 Å². The van der Waals surface area contributed by atoms with Gasteiger partial charge in [0.05, 0.1) is 10.6 Å². The van der Waals surface area contributed by atoms with Crippen LogP contribution < -0.4 is 9.62 Å². The van der Waals surface area contributed by atoms with Crippen LogP contribution in [0.1, 0.15) is 32.3 Å². The fraction of sp³-hybridized carbons (Fsp3) is 0.310. The number of carbonyl (C=O) groups is 2. The Bertz CT molecular complexity index is 1290. The second-order valence-electron chi connectivity index (χ2n) is 8.94. The van der Waals surface area contributed by atoms with Gasteiger partial charge in [0.25, 0.3) is 10.0 Å². The number of halogens is 1. The number of sulfonamides is 1. The summed E-state index contributed by atoms with van der Waals surface area (Å²) in [6.07, 6.45) is 2.30. The first kappa shape index (κ1) is 29.4. The molecule has 0 unspecified atom stereocenters. The van der Waals surface area contributed by atoms with Crippen LogP contribution in [0.5, 0.6) is 0 Å². The normalized spacial score (nSPS) is 12.0. The molecule has 0 fully saturated rings. The van der Waals surface area contributed by atoms with Crippen molar-refractivity contribution in [2.45, 2.75) is 44.0 Å². The number of nitrogens with one attached hydrogen (secondary N) is 1. The van der Waals surface area contributed by atoms with Gasteiger partial charge in [-0.2, -0.15) is 0 Å². The van der Waals surface area contributed by atoms with E-state index < -0.39 is 28.5 Å². The molecule has 3 rings (SSSR count). The molecule has 9 heteroatoms.